The first-order valence-electron chi connectivity index (χ1n) is 10.8. The van der Waals surface area contributed by atoms with Crippen molar-refractivity contribution in [1.29, 1.82) is 0 Å². The Morgan fingerprint density at radius 2 is 1.72 bits per heavy atom. The second-order valence-electron chi connectivity index (χ2n) is 8.33. The molecule has 0 spiro atoms. The Morgan fingerprint density at radius 1 is 0.972 bits per heavy atom. The molecule has 184 valence electrons. The van der Waals surface area contributed by atoms with Gasteiger partial charge in [-0.3, -0.25) is 4.79 Å². The summed E-state index contributed by atoms with van der Waals surface area (Å²) in [6.07, 6.45) is 1.59. The molecule has 1 aromatic heterocycles. The van der Waals surface area contributed by atoms with Gasteiger partial charge in [-0.15, -0.1) is 0 Å². The molecule has 0 saturated heterocycles. The van der Waals surface area contributed by atoms with Crippen LogP contribution in [-0.4, -0.2) is 35.5 Å². The molecule has 0 radical (unpaired) electrons. The lowest BCUT2D eigenvalue weighted by molar-refractivity contribution is -0.122. The Bertz CT molecular complexity index is 1680. The quantitative estimate of drug-likeness (QED) is 0.324. The maximum Gasteiger partial charge on any atom is 0.267 e. The van der Waals surface area contributed by atoms with Crippen LogP contribution in [0.15, 0.2) is 83.0 Å². The van der Waals surface area contributed by atoms with E-state index in [1.807, 2.05) is 0 Å². The normalized spacial score (nSPS) is 15.5. The van der Waals surface area contributed by atoms with E-state index in [4.69, 9.17) is 34.8 Å². The van der Waals surface area contributed by atoms with Gasteiger partial charge in [0.15, 0.2) is 0 Å². The number of nitrogens with zero attached hydrogens (tertiary/aromatic N) is 3. The Hall–Kier alpha value is -3.04. The van der Waals surface area contributed by atoms with E-state index in [0.29, 0.717) is 37.5 Å². The van der Waals surface area contributed by atoms with Gasteiger partial charge in [-0.25, -0.2) is 17.4 Å². The molecule has 0 bridgehead atoms. The van der Waals surface area contributed by atoms with Crippen LogP contribution in [0.2, 0.25) is 15.1 Å². The van der Waals surface area contributed by atoms with Crippen molar-refractivity contribution in [2.24, 2.45) is 0 Å². The minimum atomic E-state index is -4.20. The average Bonchev–Trinajstić information content (AvgIpc) is 3.31. The van der Waals surface area contributed by atoms with Gasteiger partial charge in [-0.05, 0) is 59.7 Å². The van der Waals surface area contributed by atoms with Gasteiger partial charge < -0.3 is 5.32 Å². The predicted molar refractivity (Wildman–Crippen MR) is 142 cm³/mol. The Morgan fingerprint density at radius 3 is 2.47 bits per heavy atom. The smallest absolute Gasteiger partial charge is 0.267 e. The number of nitrogens with one attached hydrogen (secondary N) is 1. The second kappa shape index (κ2) is 9.12. The topological polar surface area (TPSA) is 84.3 Å². The molecule has 4 aromatic rings. The molecule has 1 aliphatic rings. The van der Waals surface area contributed by atoms with E-state index >= 15 is 0 Å². The van der Waals surface area contributed by atoms with E-state index in [1.165, 1.54) is 19.2 Å². The zero-order valence-corrected chi connectivity index (χ0v) is 22.1. The molecule has 1 N–H and O–H groups in total. The fourth-order valence-electron chi connectivity index (χ4n) is 4.27. The molecule has 36 heavy (non-hydrogen) atoms. The zero-order chi connectivity index (χ0) is 25.8. The molecule has 1 atom stereocenters. The first kappa shape index (κ1) is 24.6. The number of allylic oxidation sites excluding steroid dienone is 1. The lowest BCUT2D eigenvalue weighted by Crippen LogP contribution is -2.39. The largest absolute Gasteiger partial charge is 0.344 e. The SMILES string of the molecule is CC1=C(C(=O)N(C)S(=O)(=O)c2ccc3ccc(Cl)cc3c2)C(c2ccc(Cl)c(Cl)c2)n2nccc2N1. The van der Waals surface area contributed by atoms with E-state index < -0.39 is 22.0 Å². The summed E-state index contributed by atoms with van der Waals surface area (Å²) in [6.45, 7) is 1.72. The Labute approximate surface area is 222 Å². The van der Waals surface area contributed by atoms with E-state index in [1.54, 1.807) is 66.3 Å². The third-order valence-electron chi connectivity index (χ3n) is 6.12. The van der Waals surface area contributed by atoms with Gasteiger partial charge in [0.05, 0.1) is 26.7 Å². The highest BCUT2D eigenvalue weighted by Gasteiger charge is 2.37. The van der Waals surface area contributed by atoms with Crippen molar-refractivity contribution in [3.8, 4) is 0 Å². The summed E-state index contributed by atoms with van der Waals surface area (Å²) in [5.41, 5.74) is 1.33. The van der Waals surface area contributed by atoms with Crippen LogP contribution in [0.1, 0.15) is 18.5 Å². The molecule has 11 heteroatoms. The summed E-state index contributed by atoms with van der Waals surface area (Å²) >= 11 is 18.5. The number of rotatable bonds is 4. The highest BCUT2D eigenvalue weighted by molar-refractivity contribution is 7.89. The molecular weight excluding hydrogens is 543 g/mol. The molecular formula is C25H19Cl3N4O3S. The fraction of sp³-hybridized carbons (Fsp3) is 0.120. The monoisotopic (exact) mass is 560 g/mol. The van der Waals surface area contributed by atoms with Crippen molar-refractivity contribution in [2.75, 3.05) is 12.4 Å². The van der Waals surface area contributed by atoms with Crippen molar-refractivity contribution in [1.82, 2.24) is 14.1 Å². The van der Waals surface area contributed by atoms with E-state index in [0.717, 1.165) is 9.69 Å². The van der Waals surface area contributed by atoms with Crippen LogP contribution in [0, 0.1) is 0 Å². The molecule has 1 aliphatic heterocycles. The first-order valence-corrected chi connectivity index (χ1v) is 13.3. The van der Waals surface area contributed by atoms with Crippen molar-refractivity contribution in [2.45, 2.75) is 17.9 Å². The van der Waals surface area contributed by atoms with Crippen molar-refractivity contribution in [3.63, 3.8) is 0 Å². The van der Waals surface area contributed by atoms with Gasteiger partial charge in [0.2, 0.25) is 0 Å². The summed E-state index contributed by atoms with van der Waals surface area (Å²) in [5.74, 6) is -0.0551. The number of fused-ring (bicyclic) bond motifs is 2. The number of carbonyl (C=O) groups excluding carboxylic acids is 1. The Balaban J connectivity index is 1.59. The third kappa shape index (κ3) is 4.14. The highest BCUT2D eigenvalue weighted by Crippen LogP contribution is 2.39. The van der Waals surface area contributed by atoms with Crippen LogP contribution in [-0.2, 0) is 14.8 Å². The molecule has 3 aromatic carbocycles. The number of aromatic nitrogens is 2. The van der Waals surface area contributed by atoms with Gasteiger partial charge in [0.1, 0.15) is 11.9 Å². The van der Waals surface area contributed by atoms with Crippen molar-refractivity contribution >= 4 is 67.3 Å². The predicted octanol–water partition coefficient (Wildman–Crippen LogP) is 6.13. The van der Waals surface area contributed by atoms with Crippen molar-refractivity contribution in [3.05, 3.63) is 98.8 Å². The van der Waals surface area contributed by atoms with Gasteiger partial charge >= 0.3 is 0 Å². The van der Waals surface area contributed by atoms with Gasteiger partial charge in [0, 0.05) is 23.8 Å². The third-order valence-corrected chi connectivity index (χ3v) is 8.83. The van der Waals surface area contributed by atoms with E-state index in [-0.39, 0.29) is 10.5 Å². The number of sulfonamides is 1. The molecule has 0 aliphatic carbocycles. The number of carbonyl (C=O) groups is 1. The minimum Gasteiger partial charge on any atom is -0.344 e. The molecule has 0 saturated carbocycles. The Kier molecular flexibility index (Phi) is 6.24. The summed E-state index contributed by atoms with van der Waals surface area (Å²) in [7, 11) is -2.96. The average molecular weight is 562 g/mol. The standard InChI is InChI=1S/C25H19Cl3N4O3S/c1-14-23(24(32-22(30-14)9-10-29-32)16-5-8-20(27)21(28)13-16)25(33)31(2)36(34,35)19-7-4-15-3-6-18(26)11-17(15)12-19/h3-13,24,30H,1-2H3. The minimum absolute atomic E-state index is 0.0268. The summed E-state index contributed by atoms with van der Waals surface area (Å²) in [6, 6.07) is 15.9. The van der Waals surface area contributed by atoms with Gasteiger partial charge in [0.25, 0.3) is 15.9 Å². The molecule has 2 heterocycles. The summed E-state index contributed by atoms with van der Waals surface area (Å²) < 4.78 is 29.5. The number of anilines is 1. The van der Waals surface area contributed by atoms with Crippen molar-refractivity contribution < 1.29 is 13.2 Å². The van der Waals surface area contributed by atoms with Crippen LogP contribution < -0.4 is 5.32 Å². The molecule has 1 unspecified atom stereocenters. The van der Waals surface area contributed by atoms with Gasteiger partial charge in [-0.2, -0.15) is 5.10 Å². The number of amides is 1. The molecule has 5 rings (SSSR count). The molecule has 7 nitrogen and oxygen atoms in total. The van der Waals surface area contributed by atoms with Crippen LogP contribution in [0.5, 0.6) is 0 Å². The number of halogens is 3. The highest BCUT2D eigenvalue weighted by atomic mass is 35.5. The summed E-state index contributed by atoms with van der Waals surface area (Å²) in [5, 5.41) is 10.1. The van der Waals surface area contributed by atoms with Crippen LogP contribution >= 0.6 is 34.8 Å². The van der Waals surface area contributed by atoms with Crippen LogP contribution in [0.4, 0.5) is 5.82 Å². The fourth-order valence-corrected chi connectivity index (χ4v) is 5.90. The van der Waals surface area contributed by atoms with E-state index in [9.17, 15) is 13.2 Å². The second-order valence-corrected chi connectivity index (χ2v) is 11.6. The number of hydrogen-bond acceptors (Lipinski definition) is 5. The van der Waals surface area contributed by atoms with Crippen LogP contribution in [0.3, 0.4) is 0 Å². The number of likely N-dealkylation sites (N-methyl/N-ethyl adjacent to an activating group) is 1. The van der Waals surface area contributed by atoms with Gasteiger partial charge in [-0.1, -0.05) is 53.0 Å². The number of hydrogen-bond donors (Lipinski definition) is 1. The summed E-state index contributed by atoms with van der Waals surface area (Å²) in [4.78, 5) is 13.8. The lowest BCUT2D eigenvalue weighted by atomic mass is 9.95. The maximum atomic E-state index is 13.8. The molecule has 0 fully saturated rings. The zero-order valence-electron chi connectivity index (χ0n) is 19.0. The van der Waals surface area contributed by atoms with E-state index in [2.05, 4.69) is 10.4 Å². The lowest BCUT2D eigenvalue weighted by Gasteiger charge is -2.31. The first-order chi connectivity index (χ1) is 17.1. The van der Waals surface area contributed by atoms with Crippen LogP contribution in [0.25, 0.3) is 10.8 Å². The molecule has 1 amide bonds. The maximum absolute atomic E-state index is 13.8. The number of benzene rings is 3.